The number of benzene rings is 1. The highest BCUT2D eigenvalue weighted by molar-refractivity contribution is 5.94. The minimum atomic E-state index is -0.392. The van der Waals surface area contributed by atoms with E-state index in [0.29, 0.717) is 23.8 Å². The molecule has 22 heavy (non-hydrogen) atoms. The SMILES string of the molecule is CC(C)COC(=O)c1cnc(-c2ccccc2)nc1N(C)C. The minimum Gasteiger partial charge on any atom is -0.462 e. The van der Waals surface area contributed by atoms with Crippen LogP contribution >= 0.6 is 0 Å². The molecule has 5 nitrogen and oxygen atoms in total. The van der Waals surface area contributed by atoms with E-state index in [9.17, 15) is 4.79 Å². The second-order valence-corrected chi connectivity index (χ2v) is 5.68. The summed E-state index contributed by atoms with van der Waals surface area (Å²) >= 11 is 0. The average molecular weight is 299 g/mol. The van der Waals surface area contributed by atoms with Gasteiger partial charge in [-0.25, -0.2) is 14.8 Å². The van der Waals surface area contributed by atoms with Crippen molar-refractivity contribution in [2.24, 2.45) is 5.92 Å². The van der Waals surface area contributed by atoms with Crippen LogP contribution in [0.1, 0.15) is 24.2 Å². The summed E-state index contributed by atoms with van der Waals surface area (Å²) in [6, 6.07) is 9.67. The van der Waals surface area contributed by atoms with Crippen molar-refractivity contribution in [2.45, 2.75) is 13.8 Å². The van der Waals surface area contributed by atoms with Gasteiger partial charge in [0.25, 0.3) is 0 Å². The summed E-state index contributed by atoms with van der Waals surface area (Å²) in [5.41, 5.74) is 1.29. The van der Waals surface area contributed by atoms with E-state index in [1.54, 1.807) is 4.90 Å². The smallest absolute Gasteiger partial charge is 0.343 e. The van der Waals surface area contributed by atoms with Crippen molar-refractivity contribution in [3.8, 4) is 11.4 Å². The highest BCUT2D eigenvalue weighted by Gasteiger charge is 2.18. The van der Waals surface area contributed by atoms with Crippen molar-refractivity contribution in [1.82, 2.24) is 9.97 Å². The van der Waals surface area contributed by atoms with Crippen molar-refractivity contribution in [3.05, 3.63) is 42.1 Å². The molecule has 0 aliphatic carbocycles. The second kappa shape index (κ2) is 7.02. The van der Waals surface area contributed by atoms with E-state index >= 15 is 0 Å². The van der Waals surface area contributed by atoms with E-state index in [1.807, 2.05) is 58.3 Å². The van der Waals surface area contributed by atoms with Gasteiger partial charge in [0.05, 0.1) is 6.61 Å². The molecule has 0 bridgehead atoms. The Hall–Kier alpha value is -2.43. The summed E-state index contributed by atoms with van der Waals surface area (Å²) in [5.74, 6) is 1.04. The van der Waals surface area contributed by atoms with Gasteiger partial charge in [-0.3, -0.25) is 0 Å². The molecule has 1 aromatic carbocycles. The first-order valence-corrected chi connectivity index (χ1v) is 7.26. The number of anilines is 1. The van der Waals surface area contributed by atoms with Gasteiger partial charge in [-0.05, 0) is 5.92 Å². The van der Waals surface area contributed by atoms with Gasteiger partial charge in [-0.1, -0.05) is 44.2 Å². The van der Waals surface area contributed by atoms with Gasteiger partial charge in [0, 0.05) is 25.9 Å². The van der Waals surface area contributed by atoms with Crippen molar-refractivity contribution < 1.29 is 9.53 Å². The maximum atomic E-state index is 12.2. The highest BCUT2D eigenvalue weighted by atomic mass is 16.5. The number of ether oxygens (including phenoxy) is 1. The van der Waals surface area contributed by atoms with Crippen LogP contribution in [-0.2, 0) is 4.74 Å². The third-order valence-electron chi connectivity index (χ3n) is 2.99. The predicted octanol–water partition coefficient (Wildman–Crippen LogP) is 3.02. The number of aromatic nitrogens is 2. The van der Waals surface area contributed by atoms with Gasteiger partial charge >= 0.3 is 5.97 Å². The summed E-state index contributed by atoms with van der Waals surface area (Å²) in [7, 11) is 3.69. The van der Waals surface area contributed by atoms with Gasteiger partial charge in [-0.15, -0.1) is 0 Å². The molecule has 1 aromatic heterocycles. The standard InChI is InChI=1S/C17H21N3O2/c1-12(2)11-22-17(21)14-10-18-15(19-16(14)20(3)4)13-8-6-5-7-9-13/h5-10,12H,11H2,1-4H3. The molecule has 5 heteroatoms. The Morgan fingerprint density at radius 2 is 1.91 bits per heavy atom. The van der Waals surface area contributed by atoms with Crippen LogP contribution in [0.2, 0.25) is 0 Å². The monoisotopic (exact) mass is 299 g/mol. The molecule has 0 amide bonds. The van der Waals surface area contributed by atoms with Gasteiger partial charge in [-0.2, -0.15) is 0 Å². The lowest BCUT2D eigenvalue weighted by Crippen LogP contribution is -2.19. The van der Waals surface area contributed by atoms with Crippen LogP contribution in [0.5, 0.6) is 0 Å². The van der Waals surface area contributed by atoms with E-state index in [4.69, 9.17) is 4.74 Å². The van der Waals surface area contributed by atoms with Crippen LogP contribution in [0.4, 0.5) is 5.82 Å². The molecule has 0 N–H and O–H groups in total. The van der Waals surface area contributed by atoms with Crippen molar-refractivity contribution in [3.63, 3.8) is 0 Å². The van der Waals surface area contributed by atoms with Gasteiger partial charge in [0.15, 0.2) is 5.82 Å². The first-order chi connectivity index (χ1) is 10.5. The first-order valence-electron chi connectivity index (χ1n) is 7.26. The van der Waals surface area contributed by atoms with Crippen molar-refractivity contribution >= 4 is 11.8 Å². The molecule has 0 spiro atoms. The molecule has 0 saturated heterocycles. The van der Waals surface area contributed by atoms with Crippen LogP contribution < -0.4 is 4.90 Å². The Kier molecular flexibility index (Phi) is 5.09. The minimum absolute atomic E-state index is 0.288. The van der Waals surface area contributed by atoms with Crippen LogP contribution in [0.15, 0.2) is 36.5 Å². The van der Waals surface area contributed by atoms with Crippen LogP contribution in [-0.4, -0.2) is 36.6 Å². The fraction of sp³-hybridized carbons (Fsp3) is 0.353. The van der Waals surface area contributed by atoms with Gasteiger partial charge in [0.2, 0.25) is 0 Å². The zero-order valence-corrected chi connectivity index (χ0v) is 13.4. The van der Waals surface area contributed by atoms with E-state index < -0.39 is 5.97 Å². The number of rotatable bonds is 5. The molecule has 0 aliphatic heterocycles. The lowest BCUT2D eigenvalue weighted by Gasteiger charge is -2.16. The number of nitrogens with zero attached hydrogens (tertiary/aromatic N) is 3. The Balaban J connectivity index is 2.34. The number of carbonyl (C=O) groups is 1. The number of esters is 1. The molecule has 0 fully saturated rings. The molecule has 0 unspecified atom stereocenters. The maximum absolute atomic E-state index is 12.2. The molecule has 2 rings (SSSR count). The third-order valence-corrected chi connectivity index (χ3v) is 2.99. The summed E-state index contributed by atoms with van der Waals surface area (Å²) in [6.45, 7) is 4.37. The molecule has 0 radical (unpaired) electrons. The highest BCUT2D eigenvalue weighted by Crippen LogP contribution is 2.21. The summed E-state index contributed by atoms with van der Waals surface area (Å²) < 4.78 is 5.28. The molecule has 1 heterocycles. The Morgan fingerprint density at radius 3 is 2.50 bits per heavy atom. The Morgan fingerprint density at radius 1 is 1.23 bits per heavy atom. The zero-order chi connectivity index (χ0) is 16.1. The molecule has 0 saturated carbocycles. The lowest BCUT2D eigenvalue weighted by molar-refractivity contribution is 0.0459. The molecular formula is C17H21N3O2. The lowest BCUT2D eigenvalue weighted by atomic mass is 10.2. The normalized spacial score (nSPS) is 10.6. The van der Waals surface area contributed by atoms with Crippen LogP contribution in [0.25, 0.3) is 11.4 Å². The summed E-state index contributed by atoms with van der Waals surface area (Å²) in [4.78, 5) is 22.8. The van der Waals surface area contributed by atoms with Crippen molar-refractivity contribution in [1.29, 1.82) is 0 Å². The fourth-order valence-corrected chi connectivity index (χ4v) is 1.90. The largest absolute Gasteiger partial charge is 0.462 e. The number of carbonyl (C=O) groups excluding carboxylic acids is 1. The van der Waals surface area contributed by atoms with E-state index in [0.717, 1.165) is 5.56 Å². The average Bonchev–Trinajstić information content (AvgIpc) is 2.52. The quantitative estimate of drug-likeness (QED) is 0.794. The third kappa shape index (κ3) is 3.81. The zero-order valence-electron chi connectivity index (χ0n) is 13.4. The van der Waals surface area contributed by atoms with Gasteiger partial charge < -0.3 is 9.64 Å². The number of hydrogen-bond acceptors (Lipinski definition) is 5. The van der Waals surface area contributed by atoms with Crippen LogP contribution in [0, 0.1) is 5.92 Å². The van der Waals surface area contributed by atoms with Crippen molar-refractivity contribution in [2.75, 3.05) is 25.6 Å². The van der Waals surface area contributed by atoms with Crippen LogP contribution in [0.3, 0.4) is 0 Å². The van der Waals surface area contributed by atoms with E-state index in [2.05, 4.69) is 9.97 Å². The van der Waals surface area contributed by atoms with E-state index in [1.165, 1.54) is 6.20 Å². The van der Waals surface area contributed by atoms with E-state index in [-0.39, 0.29) is 5.92 Å². The second-order valence-electron chi connectivity index (χ2n) is 5.68. The molecule has 116 valence electrons. The number of hydrogen-bond donors (Lipinski definition) is 0. The topological polar surface area (TPSA) is 55.3 Å². The predicted molar refractivity (Wildman–Crippen MR) is 86.9 cm³/mol. The first kappa shape index (κ1) is 15.9. The van der Waals surface area contributed by atoms with Gasteiger partial charge in [0.1, 0.15) is 11.4 Å². The molecule has 0 aliphatic rings. The Bertz CT molecular complexity index is 640. The summed E-state index contributed by atoms with van der Waals surface area (Å²) in [6.07, 6.45) is 1.54. The molecule has 0 atom stereocenters. The Labute approximate surface area is 131 Å². The fourth-order valence-electron chi connectivity index (χ4n) is 1.90. The summed E-state index contributed by atoms with van der Waals surface area (Å²) in [5, 5.41) is 0. The maximum Gasteiger partial charge on any atom is 0.343 e. The molecule has 2 aromatic rings. The molecular weight excluding hydrogens is 278 g/mol.